The van der Waals surface area contributed by atoms with Gasteiger partial charge in [0.15, 0.2) is 0 Å². The molecule has 1 atom stereocenters. The number of benzene rings is 2. The molecule has 1 unspecified atom stereocenters. The van der Waals surface area contributed by atoms with E-state index in [-0.39, 0.29) is 17.4 Å². The Bertz CT molecular complexity index is 988. The number of nitrogens with two attached hydrogens (primary N) is 1. The number of nitrogens with zero attached hydrogens (tertiary/aromatic N) is 2. The number of rotatable bonds is 7. The van der Waals surface area contributed by atoms with Gasteiger partial charge in [-0.1, -0.05) is 12.1 Å². The molecule has 0 aliphatic carbocycles. The number of carboxylic acids is 1. The maximum Gasteiger partial charge on any atom is 0.335 e. The number of nitrogens with one attached hydrogen (secondary N) is 1. The third-order valence-corrected chi connectivity index (χ3v) is 5.83. The molecule has 4 N–H and O–H groups in total. The number of carboxylic acid groups (broad SMARTS) is 1. The van der Waals surface area contributed by atoms with Crippen molar-refractivity contribution in [2.75, 3.05) is 43.1 Å². The second-order valence-electron chi connectivity index (χ2n) is 8.06. The van der Waals surface area contributed by atoms with E-state index >= 15 is 0 Å². The largest absolute Gasteiger partial charge is 0.478 e. The zero-order valence-corrected chi connectivity index (χ0v) is 17.6. The Morgan fingerprint density at radius 1 is 1.09 bits per heavy atom. The van der Waals surface area contributed by atoms with Gasteiger partial charge >= 0.3 is 5.97 Å². The normalized spacial score (nSPS) is 18.2. The third-order valence-electron chi connectivity index (χ3n) is 5.83. The summed E-state index contributed by atoms with van der Waals surface area (Å²) in [5, 5.41) is 11.6. The highest BCUT2D eigenvalue weighted by Crippen LogP contribution is 2.21. The van der Waals surface area contributed by atoms with Gasteiger partial charge in [0.05, 0.1) is 37.4 Å². The van der Waals surface area contributed by atoms with Crippen LogP contribution in [-0.2, 0) is 20.7 Å². The summed E-state index contributed by atoms with van der Waals surface area (Å²) in [5.74, 6) is -1.32. The van der Waals surface area contributed by atoms with Crippen molar-refractivity contribution in [2.24, 2.45) is 5.73 Å². The molecule has 0 radical (unpaired) electrons. The zero-order valence-electron chi connectivity index (χ0n) is 17.6. The first kappa shape index (κ1) is 21.9. The maximum absolute atomic E-state index is 12.6. The molecule has 9 nitrogen and oxygen atoms in total. The molecule has 2 aliphatic rings. The van der Waals surface area contributed by atoms with Gasteiger partial charge in [-0.05, 0) is 48.4 Å². The lowest BCUT2D eigenvalue weighted by Crippen LogP contribution is -2.58. The molecular weight excluding hydrogens is 412 g/mol. The summed E-state index contributed by atoms with van der Waals surface area (Å²) in [6.07, 6.45) is 0.336. The number of carbonyl (C=O) groups excluding carboxylic acids is 2. The first-order valence-electron chi connectivity index (χ1n) is 10.5. The lowest BCUT2D eigenvalue weighted by atomic mass is 10.0. The monoisotopic (exact) mass is 438 g/mol. The van der Waals surface area contributed by atoms with Crippen LogP contribution in [0.5, 0.6) is 0 Å². The molecule has 32 heavy (non-hydrogen) atoms. The molecule has 2 aliphatic heterocycles. The van der Waals surface area contributed by atoms with Crippen molar-refractivity contribution < 1.29 is 24.2 Å². The average molecular weight is 438 g/mol. The van der Waals surface area contributed by atoms with E-state index in [1.165, 1.54) is 24.3 Å². The summed E-state index contributed by atoms with van der Waals surface area (Å²) in [7, 11) is 0. The van der Waals surface area contributed by atoms with Crippen LogP contribution in [0.2, 0.25) is 0 Å². The van der Waals surface area contributed by atoms with Crippen LogP contribution in [-0.4, -0.2) is 72.7 Å². The number of anilines is 2. The molecule has 2 heterocycles. The first-order valence-corrected chi connectivity index (χ1v) is 10.5. The van der Waals surface area contributed by atoms with Crippen LogP contribution in [0.3, 0.4) is 0 Å². The van der Waals surface area contributed by atoms with Gasteiger partial charge in [-0.3, -0.25) is 14.5 Å². The molecule has 0 spiro atoms. The Morgan fingerprint density at radius 3 is 2.34 bits per heavy atom. The van der Waals surface area contributed by atoms with Gasteiger partial charge in [0.2, 0.25) is 11.8 Å². The van der Waals surface area contributed by atoms with Crippen molar-refractivity contribution in [2.45, 2.75) is 18.5 Å². The molecule has 2 aromatic rings. The Balaban J connectivity index is 1.30. The number of aromatic carboxylic acids is 1. The maximum atomic E-state index is 12.6. The predicted molar refractivity (Wildman–Crippen MR) is 119 cm³/mol. The van der Waals surface area contributed by atoms with Crippen molar-refractivity contribution in [3.8, 4) is 0 Å². The van der Waals surface area contributed by atoms with Crippen molar-refractivity contribution in [1.29, 1.82) is 0 Å². The number of ether oxygens (including phenoxy) is 1. The highest BCUT2D eigenvalue weighted by molar-refractivity contribution is 5.96. The summed E-state index contributed by atoms with van der Waals surface area (Å²) in [4.78, 5) is 39.8. The summed E-state index contributed by atoms with van der Waals surface area (Å²) in [6, 6.07) is 13.0. The zero-order chi connectivity index (χ0) is 22.7. The Hall–Kier alpha value is -3.27. The van der Waals surface area contributed by atoms with Gasteiger partial charge in [0.1, 0.15) is 0 Å². The topological polar surface area (TPSA) is 125 Å². The van der Waals surface area contributed by atoms with E-state index in [1.54, 1.807) is 4.90 Å². The number of carbonyl (C=O) groups is 3. The SMILES string of the molecule is NC(Cc1ccc(N2CCN(C3COC3)CC2=O)cc1)C(=O)Nc1ccc(C(=O)O)cc1. The number of hydrogen-bond donors (Lipinski definition) is 3. The molecule has 0 bridgehead atoms. The van der Waals surface area contributed by atoms with Gasteiger partial charge in [-0.15, -0.1) is 0 Å². The van der Waals surface area contributed by atoms with E-state index < -0.39 is 12.0 Å². The van der Waals surface area contributed by atoms with Crippen molar-refractivity contribution in [1.82, 2.24) is 4.90 Å². The molecule has 2 saturated heterocycles. The smallest absolute Gasteiger partial charge is 0.335 e. The molecule has 4 rings (SSSR count). The van der Waals surface area contributed by atoms with Crippen LogP contribution in [0.25, 0.3) is 0 Å². The molecule has 2 aromatic carbocycles. The van der Waals surface area contributed by atoms with Crippen molar-refractivity contribution in [3.05, 3.63) is 59.7 Å². The standard InChI is InChI=1S/C23H26N4O5/c24-20(22(29)25-17-5-3-16(4-6-17)23(30)31)11-15-1-7-18(8-2-15)27-10-9-26(12-21(27)28)19-13-32-14-19/h1-8,19-20H,9-14,24H2,(H,25,29)(H,30,31). The first-order chi connectivity index (χ1) is 15.4. The highest BCUT2D eigenvalue weighted by atomic mass is 16.5. The molecular formula is C23H26N4O5. The number of piperazine rings is 1. The fourth-order valence-electron chi connectivity index (χ4n) is 3.80. The summed E-state index contributed by atoms with van der Waals surface area (Å²) < 4.78 is 5.22. The minimum Gasteiger partial charge on any atom is -0.478 e. The van der Waals surface area contributed by atoms with Gasteiger partial charge in [0, 0.05) is 24.5 Å². The minimum atomic E-state index is -1.03. The minimum absolute atomic E-state index is 0.0703. The summed E-state index contributed by atoms with van der Waals surface area (Å²) >= 11 is 0. The Kier molecular flexibility index (Phi) is 6.50. The van der Waals surface area contributed by atoms with E-state index in [9.17, 15) is 14.4 Å². The van der Waals surface area contributed by atoms with E-state index in [2.05, 4.69) is 10.2 Å². The van der Waals surface area contributed by atoms with Crippen LogP contribution < -0.4 is 16.0 Å². The van der Waals surface area contributed by atoms with E-state index in [4.69, 9.17) is 15.6 Å². The summed E-state index contributed by atoms with van der Waals surface area (Å²) in [5.41, 5.74) is 8.40. The lowest BCUT2D eigenvalue weighted by molar-refractivity contribution is -0.127. The Labute approximate surface area is 185 Å². The van der Waals surface area contributed by atoms with Crippen LogP contribution >= 0.6 is 0 Å². The Morgan fingerprint density at radius 2 is 1.78 bits per heavy atom. The second-order valence-corrected chi connectivity index (χ2v) is 8.06. The van der Waals surface area contributed by atoms with Crippen LogP contribution in [0.4, 0.5) is 11.4 Å². The van der Waals surface area contributed by atoms with Crippen LogP contribution in [0.15, 0.2) is 48.5 Å². The van der Waals surface area contributed by atoms with Gasteiger partial charge < -0.3 is 25.8 Å². The fourth-order valence-corrected chi connectivity index (χ4v) is 3.80. The lowest BCUT2D eigenvalue weighted by Gasteiger charge is -2.42. The molecule has 2 fully saturated rings. The van der Waals surface area contributed by atoms with Gasteiger partial charge in [0.25, 0.3) is 0 Å². The van der Waals surface area contributed by atoms with Gasteiger partial charge in [-0.25, -0.2) is 4.79 Å². The molecule has 168 valence electrons. The van der Waals surface area contributed by atoms with E-state index in [0.717, 1.165) is 17.8 Å². The number of amides is 2. The average Bonchev–Trinajstić information content (AvgIpc) is 2.74. The third kappa shape index (κ3) is 4.96. The van der Waals surface area contributed by atoms with E-state index in [1.807, 2.05) is 24.3 Å². The molecule has 0 saturated carbocycles. The number of hydrogen-bond acceptors (Lipinski definition) is 6. The van der Waals surface area contributed by atoms with Gasteiger partial charge in [-0.2, -0.15) is 0 Å². The quantitative estimate of drug-likeness (QED) is 0.587. The second kappa shape index (κ2) is 9.47. The summed E-state index contributed by atoms with van der Waals surface area (Å²) in [6.45, 7) is 3.25. The molecule has 9 heteroatoms. The molecule has 2 amide bonds. The van der Waals surface area contributed by atoms with E-state index in [0.29, 0.717) is 44.5 Å². The van der Waals surface area contributed by atoms with Crippen LogP contribution in [0.1, 0.15) is 15.9 Å². The molecule has 0 aromatic heterocycles. The highest BCUT2D eigenvalue weighted by Gasteiger charge is 2.33. The van der Waals surface area contributed by atoms with Crippen LogP contribution in [0, 0.1) is 0 Å². The fraction of sp³-hybridized carbons (Fsp3) is 0.348. The predicted octanol–water partition coefficient (Wildman–Crippen LogP) is 0.941. The van der Waals surface area contributed by atoms with Crippen molar-refractivity contribution >= 4 is 29.2 Å². The van der Waals surface area contributed by atoms with Crippen molar-refractivity contribution in [3.63, 3.8) is 0 Å².